The number of fused-ring (bicyclic) bond motifs is 3. The van der Waals surface area contributed by atoms with Crippen LogP contribution >= 0.6 is 7.41 Å². The average molecular weight is 331 g/mol. The summed E-state index contributed by atoms with van der Waals surface area (Å²) in [6.07, 6.45) is 2.61. The van der Waals surface area contributed by atoms with Crippen LogP contribution in [-0.2, 0) is 0 Å². The molecule has 0 aliphatic carbocycles. The van der Waals surface area contributed by atoms with Crippen molar-refractivity contribution >= 4 is 23.3 Å². The van der Waals surface area contributed by atoms with Crippen molar-refractivity contribution in [3.8, 4) is 0 Å². The van der Waals surface area contributed by atoms with Crippen molar-refractivity contribution in [3.63, 3.8) is 0 Å². The van der Waals surface area contributed by atoms with E-state index in [1.165, 1.54) is 30.0 Å². The Morgan fingerprint density at radius 3 is 1.96 bits per heavy atom. The second-order valence-electron chi connectivity index (χ2n) is 6.88. The van der Waals surface area contributed by atoms with Gasteiger partial charge in [0.2, 0.25) is 0 Å². The third kappa shape index (κ3) is 1.83. The first kappa shape index (κ1) is 14.4. The molecule has 3 aromatic carbocycles. The topological polar surface area (TPSA) is 3.24 Å². The minimum absolute atomic E-state index is 0.605. The van der Waals surface area contributed by atoms with E-state index in [0.717, 1.165) is 0 Å². The Hall–Kier alpha value is -1.95. The second-order valence-corrected chi connectivity index (χ2v) is 10.6. The molecule has 1 unspecified atom stereocenters. The fourth-order valence-electron chi connectivity index (χ4n) is 4.93. The van der Waals surface area contributed by atoms with Crippen LogP contribution < -0.4 is 15.9 Å². The summed E-state index contributed by atoms with van der Waals surface area (Å²) in [4.78, 5) is 0. The standard InChI is InChI=1S/C22H22NP/c1-3-10-18(11-4-1)24(19-12-5-2-6-13-19)22-16-8-7-14-20(22)21-15-9-17-23(21)24/h1-8,10-14,16,21,24H,9,15,17H2. The zero-order valence-corrected chi connectivity index (χ0v) is 14.7. The molecule has 5 rings (SSSR count). The molecule has 2 aliphatic heterocycles. The molecular formula is C22H22NP. The van der Waals surface area contributed by atoms with Crippen LogP contribution in [-0.4, -0.2) is 11.2 Å². The Balaban J connectivity index is 1.88. The Labute approximate surface area is 144 Å². The molecule has 0 aromatic heterocycles. The first-order chi connectivity index (χ1) is 11.9. The number of hydrogen-bond acceptors (Lipinski definition) is 1. The molecular weight excluding hydrogens is 309 g/mol. The van der Waals surface area contributed by atoms with Crippen molar-refractivity contribution in [1.82, 2.24) is 4.67 Å². The molecule has 0 radical (unpaired) electrons. The monoisotopic (exact) mass is 331 g/mol. The van der Waals surface area contributed by atoms with Crippen LogP contribution in [0.1, 0.15) is 24.4 Å². The summed E-state index contributed by atoms with van der Waals surface area (Å²) in [5, 5.41) is 4.65. The van der Waals surface area contributed by atoms with Gasteiger partial charge in [0.15, 0.2) is 0 Å². The van der Waals surface area contributed by atoms with Gasteiger partial charge < -0.3 is 0 Å². The Morgan fingerprint density at radius 2 is 1.29 bits per heavy atom. The van der Waals surface area contributed by atoms with Gasteiger partial charge in [0.1, 0.15) is 0 Å². The molecule has 24 heavy (non-hydrogen) atoms. The first-order valence-corrected chi connectivity index (χ1v) is 10.8. The van der Waals surface area contributed by atoms with E-state index in [1.807, 2.05) is 0 Å². The van der Waals surface area contributed by atoms with E-state index < -0.39 is 7.41 Å². The molecule has 0 saturated carbocycles. The number of rotatable bonds is 2. The van der Waals surface area contributed by atoms with Crippen molar-refractivity contribution in [3.05, 3.63) is 90.5 Å². The molecule has 0 N–H and O–H groups in total. The van der Waals surface area contributed by atoms with Crippen molar-refractivity contribution in [2.24, 2.45) is 0 Å². The van der Waals surface area contributed by atoms with Crippen molar-refractivity contribution in [1.29, 1.82) is 0 Å². The fraction of sp³-hybridized carbons (Fsp3) is 0.182. The molecule has 3 aromatic rings. The molecule has 0 bridgehead atoms. The van der Waals surface area contributed by atoms with Gasteiger partial charge >= 0.3 is 144 Å². The van der Waals surface area contributed by atoms with E-state index in [1.54, 1.807) is 10.9 Å². The molecule has 0 amide bonds. The van der Waals surface area contributed by atoms with Gasteiger partial charge in [0.25, 0.3) is 0 Å². The summed E-state index contributed by atoms with van der Waals surface area (Å²) in [7, 11) is -2.10. The summed E-state index contributed by atoms with van der Waals surface area (Å²) in [5.74, 6) is 0. The molecule has 0 spiro atoms. The minimum atomic E-state index is -2.10. The van der Waals surface area contributed by atoms with Crippen LogP contribution in [0.4, 0.5) is 0 Å². The number of benzene rings is 3. The average Bonchev–Trinajstić information content (AvgIpc) is 3.24. The molecule has 1 nitrogen and oxygen atoms in total. The van der Waals surface area contributed by atoms with Crippen LogP contribution in [0.25, 0.3) is 0 Å². The van der Waals surface area contributed by atoms with E-state index in [9.17, 15) is 0 Å². The summed E-state index contributed by atoms with van der Waals surface area (Å²) in [6.45, 7) is 1.22. The van der Waals surface area contributed by atoms with Gasteiger partial charge in [0, 0.05) is 0 Å². The maximum absolute atomic E-state index is 2.88. The third-order valence-corrected chi connectivity index (χ3v) is 10.7. The number of hydrogen-bond donors (Lipinski definition) is 0. The van der Waals surface area contributed by atoms with Gasteiger partial charge in [-0.05, 0) is 0 Å². The predicted molar refractivity (Wildman–Crippen MR) is 105 cm³/mol. The zero-order chi connectivity index (χ0) is 16.0. The van der Waals surface area contributed by atoms with E-state index in [4.69, 9.17) is 0 Å². The Kier molecular flexibility index (Phi) is 3.33. The quantitative estimate of drug-likeness (QED) is 0.646. The molecule has 1 fully saturated rings. The van der Waals surface area contributed by atoms with Crippen LogP contribution in [0.5, 0.6) is 0 Å². The Bertz CT molecular complexity index is 820. The van der Waals surface area contributed by atoms with E-state index in [2.05, 4.69) is 89.6 Å². The van der Waals surface area contributed by atoms with Crippen molar-refractivity contribution in [2.45, 2.75) is 18.9 Å². The van der Waals surface area contributed by atoms with Gasteiger partial charge in [-0.15, -0.1) is 0 Å². The summed E-state index contributed by atoms with van der Waals surface area (Å²) >= 11 is 0. The van der Waals surface area contributed by atoms with Gasteiger partial charge in [-0.2, -0.15) is 0 Å². The maximum atomic E-state index is 2.88. The van der Waals surface area contributed by atoms with Gasteiger partial charge in [-0.25, -0.2) is 0 Å². The summed E-state index contributed by atoms with van der Waals surface area (Å²) in [6, 6.07) is 32.4. The zero-order valence-electron chi connectivity index (χ0n) is 13.7. The van der Waals surface area contributed by atoms with Crippen molar-refractivity contribution in [2.75, 3.05) is 6.54 Å². The third-order valence-electron chi connectivity index (χ3n) is 5.78. The normalized spacial score (nSPS) is 22.8. The van der Waals surface area contributed by atoms with Gasteiger partial charge in [0.05, 0.1) is 0 Å². The SMILES string of the molecule is c1ccc([PH]2(c3ccccc3)c3ccccc3C3CCCN32)cc1. The first-order valence-electron chi connectivity index (χ1n) is 8.89. The second kappa shape index (κ2) is 5.55. The molecule has 2 heterocycles. The van der Waals surface area contributed by atoms with Crippen molar-refractivity contribution < 1.29 is 0 Å². The van der Waals surface area contributed by atoms with Gasteiger partial charge in [-0.3, -0.25) is 0 Å². The molecule has 2 heteroatoms. The molecule has 1 saturated heterocycles. The molecule has 2 aliphatic rings. The summed E-state index contributed by atoms with van der Waals surface area (Å²) < 4.78 is 2.88. The van der Waals surface area contributed by atoms with E-state index in [0.29, 0.717) is 6.04 Å². The van der Waals surface area contributed by atoms with Crippen LogP contribution in [0.3, 0.4) is 0 Å². The van der Waals surface area contributed by atoms with Gasteiger partial charge in [-0.1, -0.05) is 0 Å². The molecule has 120 valence electrons. The Morgan fingerprint density at radius 1 is 0.708 bits per heavy atom. The van der Waals surface area contributed by atoms with Crippen LogP contribution in [0.2, 0.25) is 0 Å². The fourth-order valence-corrected chi connectivity index (χ4v) is 10.4. The van der Waals surface area contributed by atoms with Crippen LogP contribution in [0.15, 0.2) is 84.9 Å². The molecule has 1 atom stereocenters. The predicted octanol–water partition coefficient (Wildman–Crippen LogP) is 3.78. The van der Waals surface area contributed by atoms with E-state index in [-0.39, 0.29) is 0 Å². The summed E-state index contributed by atoms with van der Waals surface area (Å²) in [5.41, 5.74) is 1.58. The van der Waals surface area contributed by atoms with E-state index >= 15 is 0 Å². The van der Waals surface area contributed by atoms with Crippen LogP contribution in [0, 0.1) is 0 Å². The number of nitrogens with zero attached hydrogens (tertiary/aromatic N) is 1.